The van der Waals surface area contributed by atoms with E-state index in [0.717, 1.165) is 5.57 Å². The van der Waals surface area contributed by atoms with E-state index in [1.165, 1.54) is 27.8 Å². The van der Waals surface area contributed by atoms with Crippen LogP contribution >= 0.6 is 0 Å². The first kappa shape index (κ1) is 18.4. The van der Waals surface area contributed by atoms with E-state index < -0.39 is 0 Å². The molecule has 0 heteroatoms. The summed E-state index contributed by atoms with van der Waals surface area (Å²) in [5, 5.41) is 0. The molecule has 0 fully saturated rings. The maximum atomic E-state index is 3.89. The van der Waals surface area contributed by atoms with Gasteiger partial charge in [0.2, 0.25) is 0 Å². The third-order valence-electron chi connectivity index (χ3n) is 4.36. The maximum absolute atomic E-state index is 3.89. The molecule has 0 heterocycles. The van der Waals surface area contributed by atoms with Crippen LogP contribution in [0.1, 0.15) is 12.5 Å². The number of hydrogen-bond acceptors (Lipinski definition) is 0. The highest BCUT2D eigenvalue weighted by Gasteiger charge is 2.07. The Labute approximate surface area is 162 Å². The average Bonchev–Trinajstić information content (AvgIpc) is 2.74. The fourth-order valence-corrected chi connectivity index (χ4v) is 3.03. The predicted molar refractivity (Wildman–Crippen MR) is 119 cm³/mol. The molecule has 0 bridgehead atoms. The van der Waals surface area contributed by atoms with Crippen LogP contribution in [0, 0.1) is 0 Å². The van der Waals surface area contributed by atoms with Gasteiger partial charge in [0.25, 0.3) is 0 Å². The molecule has 132 valence electrons. The van der Waals surface area contributed by atoms with E-state index in [-0.39, 0.29) is 0 Å². The first-order chi connectivity index (χ1) is 13.3. The third kappa shape index (κ3) is 4.83. The van der Waals surface area contributed by atoms with Crippen LogP contribution in [0.3, 0.4) is 0 Å². The van der Waals surface area contributed by atoms with E-state index in [9.17, 15) is 0 Å². The summed E-state index contributed by atoms with van der Waals surface area (Å²) in [6.07, 6.45) is 12.1. The zero-order valence-electron chi connectivity index (χ0n) is 15.7. The first-order valence-electron chi connectivity index (χ1n) is 9.20. The van der Waals surface area contributed by atoms with Gasteiger partial charge in [-0.15, -0.1) is 0 Å². The number of rotatable bonds is 6. The minimum Gasteiger partial charge on any atom is -0.0990 e. The Balaban J connectivity index is 2.18. The molecule has 0 aromatic heterocycles. The van der Waals surface area contributed by atoms with Gasteiger partial charge < -0.3 is 0 Å². The standard InChI is InChI=1S/C27H24/c1-3-5-8-14-22(13-4-2)25-19-26(23-15-9-6-10-16-23)21-27(20-25)24-17-11-7-12-18-24/h3-21H,2H2,1H3/b5-3-,14-8-,22-13+. The van der Waals surface area contributed by atoms with Gasteiger partial charge in [0.1, 0.15) is 0 Å². The van der Waals surface area contributed by atoms with E-state index in [2.05, 4.69) is 91.5 Å². The molecule has 0 spiro atoms. The van der Waals surface area contributed by atoms with Crippen LogP contribution in [-0.4, -0.2) is 0 Å². The highest BCUT2D eigenvalue weighted by Crippen LogP contribution is 2.31. The van der Waals surface area contributed by atoms with Crippen LogP contribution in [0.2, 0.25) is 0 Å². The molecule has 0 nitrogen and oxygen atoms in total. The number of benzene rings is 3. The summed E-state index contributed by atoms with van der Waals surface area (Å²) < 4.78 is 0. The van der Waals surface area contributed by atoms with Crippen LogP contribution in [0.5, 0.6) is 0 Å². The van der Waals surface area contributed by atoms with Gasteiger partial charge >= 0.3 is 0 Å². The minimum atomic E-state index is 1.14. The van der Waals surface area contributed by atoms with Crippen LogP contribution in [0.4, 0.5) is 0 Å². The van der Waals surface area contributed by atoms with Crippen molar-refractivity contribution in [1.82, 2.24) is 0 Å². The van der Waals surface area contributed by atoms with Crippen LogP contribution in [-0.2, 0) is 0 Å². The number of allylic oxidation sites excluding steroid dienone is 7. The Kier molecular flexibility index (Phi) is 6.38. The molecule has 0 atom stereocenters. The van der Waals surface area contributed by atoms with E-state index in [1.807, 2.05) is 37.3 Å². The van der Waals surface area contributed by atoms with Gasteiger partial charge in [0.05, 0.1) is 0 Å². The van der Waals surface area contributed by atoms with Gasteiger partial charge in [-0.3, -0.25) is 0 Å². The summed E-state index contributed by atoms with van der Waals surface area (Å²) in [6, 6.07) is 27.8. The van der Waals surface area contributed by atoms with Gasteiger partial charge in [0.15, 0.2) is 0 Å². The Morgan fingerprint density at radius 3 is 1.74 bits per heavy atom. The van der Waals surface area contributed by atoms with E-state index in [1.54, 1.807) is 0 Å². The normalized spacial score (nSPS) is 12.0. The second-order valence-electron chi connectivity index (χ2n) is 6.27. The molecular formula is C27H24. The van der Waals surface area contributed by atoms with Gasteiger partial charge in [-0.25, -0.2) is 0 Å². The molecule has 3 rings (SSSR count). The molecule has 3 aromatic carbocycles. The second-order valence-corrected chi connectivity index (χ2v) is 6.27. The second kappa shape index (κ2) is 9.35. The third-order valence-corrected chi connectivity index (χ3v) is 4.36. The molecule has 0 amide bonds. The molecule has 3 aromatic rings. The highest BCUT2D eigenvalue weighted by molar-refractivity contribution is 5.83. The van der Waals surface area contributed by atoms with Crippen LogP contribution < -0.4 is 0 Å². The average molecular weight is 348 g/mol. The van der Waals surface area contributed by atoms with Crippen molar-refractivity contribution in [2.45, 2.75) is 6.92 Å². The van der Waals surface area contributed by atoms with Gasteiger partial charge in [-0.05, 0) is 58.5 Å². The van der Waals surface area contributed by atoms with Crippen molar-refractivity contribution in [1.29, 1.82) is 0 Å². The minimum absolute atomic E-state index is 1.14. The van der Waals surface area contributed by atoms with E-state index in [0.29, 0.717) is 0 Å². The predicted octanol–water partition coefficient (Wildman–Crippen LogP) is 7.72. The van der Waals surface area contributed by atoms with Crippen molar-refractivity contribution >= 4 is 5.57 Å². The number of hydrogen-bond donors (Lipinski definition) is 0. The van der Waals surface area contributed by atoms with Crippen LogP contribution in [0.25, 0.3) is 27.8 Å². The molecule has 0 radical (unpaired) electrons. The lowest BCUT2D eigenvalue weighted by Crippen LogP contribution is -1.88. The molecule has 0 unspecified atom stereocenters. The molecule has 0 N–H and O–H groups in total. The maximum Gasteiger partial charge on any atom is -0.0172 e. The molecule has 0 aliphatic rings. The van der Waals surface area contributed by atoms with Gasteiger partial charge in [-0.2, -0.15) is 0 Å². The smallest absolute Gasteiger partial charge is 0.0172 e. The summed E-state index contributed by atoms with van der Waals surface area (Å²) in [5.41, 5.74) is 7.16. The van der Waals surface area contributed by atoms with Crippen molar-refractivity contribution in [3.05, 3.63) is 127 Å². The Hall–Kier alpha value is -3.38. The van der Waals surface area contributed by atoms with Gasteiger partial charge in [-0.1, -0.05) is 104 Å². The molecule has 0 aliphatic carbocycles. The Morgan fingerprint density at radius 1 is 0.704 bits per heavy atom. The van der Waals surface area contributed by atoms with E-state index in [4.69, 9.17) is 0 Å². The van der Waals surface area contributed by atoms with Gasteiger partial charge in [0, 0.05) is 0 Å². The summed E-state index contributed by atoms with van der Waals surface area (Å²) in [6.45, 7) is 5.91. The Bertz CT molecular complexity index is 913. The molecule has 27 heavy (non-hydrogen) atoms. The van der Waals surface area contributed by atoms with E-state index >= 15 is 0 Å². The molecular weight excluding hydrogens is 324 g/mol. The topological polar surface area (TPSA) is 0 Å². The lowest BCUT2D eigenvalue weighted by Gasteiger charge is -2.12. The fourth-order valence-electron chi connectivity index (χ4n) is 3.03. The van der Waals surface area contributed by atoms with Crippen molar-refractivity contribution in [3.8, 4) is 22.3 Å². The molecule has 0 saturated carbocycles. The molecule has 0 aliphatic heterocycles. The lowest BCUT2D eigenvalue weighted by molar-refractivity contribution is 1.55. The summed E-state index contributed by atoms with van der Waals surface area (Å²) in [7, 11) is 0. The Morgan fingerprint density at radius 2 is 1.26 bits per heavy atom. The quantitative estimate of drug-likeness (QED) is 0.400. The van der Waals surface area contributed by atoms with Crippen LogP contribution in [0.15, 0.2) is 122 Å². The summed E-state index contributed by atoms with van der Waals surface area (Å²) >= 11 is 0. The van der Waals surface area contributed by atoms with Crippen molar-refractivity contribution in [2.24, 2.45) is 0 Å². The largest absolute Gasteiger partial charge is 0.0990 e. The van der Waals surface area contributed by atoms with Crippen molar-refractivity contribution in [3.63, 3.8) is 0 Å². The summed E-state index contributed by atoms with van der Waals surface area (Å²) in [5.74, 6) is 0. The highest BCUT2D eigenvalue weighted by atomic mass is 14.1. The monoisotopic (exact) mass is 348 g/mol. The zero-order valence-corrected chi connectivity index (χ0v) is 15.7. The first-order valence-corrected chi connectivity index (χ1v) is 9.20. The summed E-state index contributed by atoms with van der Waals surface area (Å²) in [4.78, 5) is 0. The molecule has 0 saturated heterocycles. The lowest BCUT2D eigenvalue weighted by atomic mass is 9.93. The van der Waals surface area contributed by atoms with Crippen molar-refractivity contribution in [2.75, 3.05) is 0 Å². The SMILES string of the molecule is C=C\C=C(/C=C\C=C/C)c1cc(-c2ccccc2)cc(-c2ccccc2)c1. The fraction of sp³-hybridized carbons (Fsp3) is 0.0370. The zero-order chi connectivity index (χ0) is 18.9. The van der Waals surface area contributed by atoms with Crippen molar-refractivity contribution < 1.29 is 0 Å².